The minimum Gasteiger partial charge on any atom is -0.497 e. The van der Waals surface area contributed by atoms with Gasteiger partial charge in [-0.25, -0.2) is 4.79 Å². The minimum absolute atomic E-state index is 0.0381. The molecule has 2 rings (SSSR count). The van der Waals surface area contributed by atoms with Gasteiger partial charge in [-0.1, -0.05) is 13.3 Å². The Morgan fingerprint density at radius 3 is 2.65 bits per heavy atom. The minimum atomic E-state index is -0.989. The molecule has 3 atom stereocenters. The first-order chi connectivity index (χ1) is 11.0. The van der Waals surface area contributed by atoms with Gasteiger partial charge in [-0.2, -0.15) is 0 Å². The monoisotopic (exact) mass is 321 g/mol. The van der Waals surface area contributed by atoms with Crippen LogP contribution in [0.3, 0.4) is 0 Å². The highest BCUT2D eigenvalue weighted by molar-refractivity contribution is 5.87. The fourth-order valence-electron chi connectivity index (χ4n) is 2.78. The zero-order valence-electron chi connectivity index (χ0n) is 13.7. The van der Waals surface area contributed by atoms with E-state index in [4.69, 9.17) is 14.6 Å². The molecule has 1 aliphatic rings. The van der Waals surface area contributed by atoms with Crippen LogP contribution in [0.5, 0.6) is 11.5 Å². The van der Waals surface area contributed by atoms with Gasteiger partial charge in [0.2, 0.25) is 5.91 Å². The number of carboxylic acids is 1. The Labute approximate surface area is 135 Å². The fraction of sp³-hybridized carbons (Fsp3) is 0.529. The van der Waals surface area contributed by atoms with E-state index in [1.807, 2.05) is 25.1 Å². The molecule has 126 valence electrons. The lowest BCUT2D eigenvalue weighted by molar-refractivity contribution is -0.142. The molecule has 1 aromatic carbocycles. The number of nitrogens with one attached hydrogen (secondary N) is 1. The van der Waals surface area contributed by atoms with Gasteiger partial charge in [0.15, 0.2) is 0 Å². The summed E-state index contributed by atoms with van der Waals surface area (Å²) >= 11 is 0. The number of aliphatic carboxylic acids is 1. The third-order valence-electron chi connectivity index (χ3n) is 4.16. The van der Waals surface area contributed by atoms with Crippen molar-refractivity contribution in [3.63, 3.8) is 0 Å². The Hall–Kier alpha value is -2.24. The standard InChI is InChI=1S/C17H23NO5/c1-4-5-14(17(20)21)18-16(19)13-9-11(13)12-8-10(22-2)6-7-15(12)23-3/h6-8,11,13-14H,4-5,9H2,1-3H3,(H,18,19)(H,20,21). The van der Waals surface area contributed by atoms with Crippen LogP contribution >= 0.6 is 0 Å². The molecule has 0 aliphatic heterocycles. The molecule has 0 saturated heterocycles. The van der Waals surface area contributed by atoms with E-state index in [1.165, 1.54) is 0 Å². The molecule has 0 heterocycles. The molecule has 0 bridgehead atoms. The Morgan fingerprint density at radius 1 is 1.35 bits per heavy atom. The average Bonchev–Trinajstić information content (AvgIpc) is 3.34. The first-order valence-electron chi connectivity index (χ1n) is 7.76. The second kappa shape index (κ2) is 7.35. The van der Waals surface area contributed by atoms with Gasteiger partial charge < -0.3 is 19.9 Å². The maximum atomic E-state index is 12.3. The number of carbonyl (C=O) groups is 2. The average molecular weight is 321 g/mol. The third kappa shape index (κ3) is 3.94. The van der Waals surface area contributed by atoms with Crippen LogP contribution < -0.4 is 14.8 Å². The molecule has 1 saturated carbocycles. The second-order valence-corrected chi connectivity index (χ2v) is 5.74. The number of methoxy groups -OCH3 is 2. The summed E-state index contributed by atoms with van der Waals surface area (Å²) in [7, 11) is 3.18. The van der Waals surface area contributed by atoms with Gasteiger partial charge >= 0.3 is 5.97 Å². The van der Waals surface area contributed by atoms with Gasteiger partial charge in [-0.05, 0) is 31.0 Å². The summed E-state index contributed by atoms with van der Waals surface area (Å²) in [6, 6.07) is 4.68. The van der Waals surface area contributed by atoms with Crippen molar-refractivity contribution < 1.29 is 24.2 Å². The molecule has 6 heteroatoms. The molecule has 0 aromatic heterocycles. The number of hydrogen-bond donors (Lipinski definition) is 2. The van der Waals surface area contributed by atoms with Crippen LogP contribution in [0, 0.1) is 5.92 Å². The Morgan fingerprint density at radius 2 is 2.09 bits per heavy atom. The summed E-state index contributed by atoms with van der Waals surface area (Å²) in [5.74, 6) is 0.0543. The summed E-state index contributed by atoms with van der Waals surface area (Å²) in [4.78, 5) is 23.4. The number of benzene rings is 1. The zero-order valence-corrected chi connectivity index (χ0v) is 13.7. The van der Waals surface area contributed by atoms with Crippen molar-refractivity contribution in [3.05, 3.63) is 23.8 Å². The smallest absolute Gasteiger partial charge is 0.326 e. The molecule has 1 fully saturated rings. The van der Waals surface area contributed by atoms with Crippen LogP contribution in [-0.2, 0) is 9.59 Å². The van der Waals surface area contributed by atoms with Crippen molar-refractivity contribution in [3.8, 4) is 11.5 Å². The molecule has 6 nitrogen and oxygen atoms in total. The second-order valence-electron chi connectivity index (χ2n) is 5.74. The highest BCUT2D eigenvalue weighted by atomic mass is 16.5. The predicted molar refractivity (Wildman–Crippen MR) is 84.9 cm³/mol. The van der Waals surface area contributed by atoms with Gasteiger partial charge in [0.1, 0.15) is 17.5 Å². The van der Waals surface area contributed by atoms with E-state index in [0.717, 1.165) is 11.3 Å². The molecule has 0 spiro atoms. The van der Waals surface area contributed by atoms with Crippen LogP contribution in [0.1, 0.15) is 37.7 Å². The fourth-order valence-corrected chi connectivity index (χ4v) is 2.78. The van der Waals surface area contributed by atoms with Crippen LogP contribution in [-0.4, -0.2) is 37.2 Å². The summed E-state index contributed by atoms with van der Waals surface area (Å²) < 4.78 is 10.6. The number of hydrogen-bond acceptors (Lipinski definition) is 4. The number of rotatable bonds is 8. The summed E-state index contributed by atoms with van der Waals surface area (Å²) in [5, 5.41) is 11.8. The van der Waals surface area contributed by atoms with Gasteiger partial charge in [-0.3, -0.25) is 4.79 Å². The summed E-state index contributed by atoms with van der Waals surface area (Å²) in [6.45, 7) is 1.89. The summed E-state index contributed by atoms with van der Waals surface area (Å²) in [5.41, 5.74) is 0.925. The zero-order chi connectivity index (χ0) is 17.0. The first-order valence-corrected chi connectivity index (χ1v) is 7.76. The van der Waals surface area contributed by atoms with Crippen molar-refractivity contribution in [2.75, 3.05) is 14.2 Å². The van der Waals surface area contributed by atoms with E-state index in [-0.39, 0.29) is 17.7 Å². The van der Waals surface area contributed by atoms with E-state index in [0.29, 0.717) is 25.0 Å². The van der Waals surface area contributed by atoms with E-state index in [9.17, 15) is 9.59 Å². The molecule has 23 heavy (non-hydrogen) atoms. The molecular weight excluding hydrogens is 298 g/mol. The van der Waals surface area contributed by atoms with E-state index in [2.05, 4.69) is 5.32 Å². The van der Waals surface area contributed by atoms with Gasteiger partial charge in [0, 0.05) is 17.4 Å². The lowest BCUT2D eigenvalue weighted by Crippen LogP contribution is -2.41. The third-order valence-corrected chi connectivity index (χ3v) is 4.16. The van der Waals surface area contributed by atoms with E-state index in [1.54, 1.807) is 14.2 Å². The lowest BCUT2D eigenvalue weighted by Gasteiger charge is -2.14. The van der Waals surface area contributed by atoms with Crippen molar-refractivity contribution in [1.82, 2.24) is 5.32 Å². The molecule has 0 radical (unpaired) electrons. The van der Waals surface area contributed by atoms with Crippen LogP contribution in [0.25, 0.3) is 0 Å². The van der Waals surface area contributed by atoms with Crippen LogP contribution in [0.2, 0.25) is 0 Å². The lowest BCUT2D eigenvalue weighted by atomic mass is 10.1. The predicted octanol–water partition coefficient (Wildman–Crippen LogP) is 2.18. The van der Waals surface area contributed by atoms with Gasteiger partial charge in [-0.15, -0.1) is 0 Å². The van der Waals surface area contributed by atoms with Crippen molar-refractivity contribution in [1.29, 1.82) is 0 Å². The SMILES string of the molecule is CCCC(NC(=O)C1CC1c1cc(OC)ccc1OC)C(=O)O. The maximum Gasteiger partial charge on any atom is 0.326 e. The number of amides is 1. The van der Waals surface area contributed by atoms with Gasteiger partial charge in [0.25, 0.3) is 0 Å². The highest BCUT2D eigenvalue weighted by Crippen LogP contribution is 2.51. The molecular formula is C17H23NO5. The molecule has 2 N–H and O–H groups in total. The molecule has 1 amide bonds. The maximum absolute atomic E-state index is 12.3. The largest absolute Gasteiger partial charge is 0.497 e. The quantitative estimate of drug-likeness (QED) is 0.766. The first kappa shape index (κ1) is 17.1. The van der Waals surface area contributed by atoms with E-state index >= 15 is 0 Å². The Bertz CT molecular complexity index is 586. The normalized spacial score (nSPS) is 20.5. The van der Waals surface area contributed by atoms with Crippen LogP contribution in [0.15, 0.2) is 18.2 Å². The van der Waals surface area contributed by atoms with E-state index < -0.39 is 12.0 Å². The van der Waals surface area contributed by atoms with Crippen LogP contribution in [0.4, 0.5) is 0 Å². The topological polar surface area (TPSA) is 84.9 Å². The Kier molecular flexibility index (Phi) is 5.47. The molecule has 1 aliphatic carbocycles. The number of carbonyl (C=O) groups excluding carboxylic acids is 1. The molecule has 1 aromatic rings. The summed E-state index contributed by atoms with van der Waals surface area (Å²) in [6.07, 6.45) is 1.82. The molecule has 3 unspecified atom stereocenters. The number of ether oxygens (including phenoxy) is 2. The Balaban J connectivity index is 2.06. The van der Waals surface area contributed by atoms with Crippen molar-refractivity contribution in [2.45, 2.75) is 38.1 Å². The van der Waals surface area contributed by atoms with Gasteiger partial charge in [0.05, 0.1) is 14.2 Å². The highest BCUT2D eigenvalue weighted by Gasteiger charge is 2.46. The van der Waals surface area contributed by atoms with Crippen molar-refractivity contribution in [2.24, 2.45) is 5.92 Å². The number of carboxylic acid groups (broad SMARTS) is 1. The van der Waals surface area contributed by atoms with Crippen molar-refractivity contribution >= 4 is 11.9 Å².